The summed E-state index contributed by atoms with van der Waals surface area (Å²) in [6.07, 6.45) is 4.63. The second-order valence-corrected chi connectivity index (χ2v) is 7.82. The van der Waals surface area contributed by atoms with Gasteiger partial charge >= 0.3 is 0 Å². The fraction of sp³-hybridized carbons (Fsp3) is 0.318. The van der Waals surface area contributed by atoms with E-state index in [9.17, 15) is 0 Å². The van der Waals surface area contributed by atoms with Crippen molar-refractivity contribution in [2.24, 2.45) is 4.99 Å². The predicted octanol–water partition coefficient (Wildman–Crippen LogP) is 6.18. The van der Waals surface area contributed by atoms with Crippen molar-refractivity contribution in [3.63, 3.8) is 0 Å². The second-order valence-electron chi connectivity index (χ2n) is 6.87. The number of rotatable bonds is 6. The number of pyridine rings is 1. The molecule has 0 amide bonds. The monoisotopic (exact) mass is 450 g/mol. The standard InChI is InChI=1S/C22H26N4S.2ClH/c1-6-26(5)14-24-20-10-15(2)19(9-16(20)3)11-22-25-21(13-27-22)18-8-7-17(4)23-12-18;;/h7-10,12-14H,6,11H2,1-5H3;2*1H/b24-14-;;. The molecule has 0 aliphatic heterocycles. The minimum Gasteiger partial charge on any atom is -0.366 e. The van der Waals surface area contributed by atoms with Gasteiger partial charge < -0.3 is 4.90 Å². The first-order valence-electron chi connectivity index (χ1n) is 9.18. The number of aromatic nitrogens is 2. The van der Waals surface area contributed by atoms with E-state index in [0.717, 1.165) is 40.6 Å². The molecule has 7 heteroatoms. The molecule has 2 heterocycles. The van der Waals surface area contributed by atoms with E-state index < -0.39 is 0 Å². The molecule has 1 aromatic carbocycles. The summed E-state index contributed by atoms with van der Waals surface area (Å²) in [5, 5.41) is 3.23. The average Bonchev–Trinajstić information content (AvgIpc) is 3.12. The van der Waals surface area contributed by atoms with Crippen LogP contribution in [0.25, 0.3) is 11.3 Å². The second kappa shape index (κ2) is 11.3. The Balaban J connectivity index is 0.00000210. The minimum atomic E-state index is 0. The maximum absolute atomic E-state index is 4.81. The number of benzene rings is 1. The first-order chi connectivity index (χ1) is 13.0. The lowest BCUT2D eigenvalue weighted by Gasteiger charge is -2.11. The molecule has 4 nitrogen and oxygen atoms in total. The highest BCUT2D eigenvalue weighted by atomic mass is 35.5. The van der Waals surface area contributed by atoms with Crippen molar-refractivity contribution in [1.29, 1.82) is 0 Å². The SMILES string of the molecule is CCN(C)/C=N\c1cc(C)c(Cc2nc(-c3ccc(C)nc3)cs2)cc1C.Cl.Cl. The van der Waals surface area contributed by atoms with E-state index >= 15 is 0 Å². The summed E-state index contributed by atoms with van der Waals surface area (Å²) in [4.78, 5) is 15.9. The van der Waals surface area contributed by atoms with Crippen LogP contribution < -0.4 is 0 Å². The molecular formula is C22H28Cl2N4S. The van der Waals surface area contributed by atoms with Gasteiger partial charge in [-0.2, -0.15) is 0 Å². The van der Waals surface area contributed by atoms with Crippen molar-refractivity contribution in [3.8, 4) is 11.3 Å². The third-order valence-corrected chi connectivity index (χ3v) is 5.50. The summed E-state index contributed by atoms with van der Waals surface area (Å²) in [6.45, 7) is 9.32. The van der Waals surface area contributed by atoms with Crippen molar-refractivity contribution < 1.29 is 0 Å². The van der Waals surface area contributed by atoms with E-state index in [0.29, 0.717) is 0 Å². The van der Waals surface area contributed by atoms with E-state index in [-0.39, 0.29) is 24.8 Å². The lowest BCUT2D eigenvalue weighted by Crippen LogP contribution is -2.14. The molecule has 0 atom stereocenters. The van der Waals surface area contributed by atoms with Gasteiger partial charge in [-0.25, -0.2) is 9.98 Å². The minimum absolute atomic E-state index is 0. The summed E-state index contributed by atoms with van der Waals surface area (Å²) >= 11 is 1.70. The quantitative estimate of drug-likeness (QED) is 0.332. The average molecular weight is 451 g/mol. The molecule has 3 aromatic rings. The van der Waals surface area contributed by atoms with E-state index in [1.165, 1.54) is 16.7 Å². The van der Waals surface area contributed by atoms with E-state index in [1.807, 2.05) is 32.6 Å². The first-order valence-corrected chi connectivity index (χ1v) is 10.1. The van der Waals surface area contributed by atoms with Gasteiger partial charge in [-0.15, -0.1) is 36.2 Å². The third-order valence-electron chi connectivity index (χ3n) is 4.65. The highest BCUT2D eigenvalue weighted by Crippen LogP contribution is 2.27. The van der Waals surface area contributed by atoms with Crippen LogP contribution in [0.5, 0.6) is 0 Å². The van der Waals surface area contributed by atoms with Crippen LogP contribution in [0.2, 0.25) is 0 Å². The molecular weight excluding hydrogens is 423 g/mol. The molecule has 0 aliphatic rings. The fourth-order valence-electron chi connectivity index (χ4n) is 2.74. The zero-order valence-electron chi connectivity index (χ0n) is 17.5. The van der Waals surface area contributed by atoms with Gasteiger partial charge in [0.1, 0.15) is 0 Å². The molecule has 0 radical (unpaired) electrons. The molecule has 0 bridgehead atoms. The Kier molecular flexibility index (Phi) is 9.77. The van der Waals surface area contributed by atoms with Gasteiger partial charge in [0.2, 0.25) is 0 Å². The summed E-state index contributed by atoms with van der Waals surface area (Å²) in [7, 11) is 2.03. The van der Waals surface area contributed by atoms with Crippen LogP contribution in [-0.4, -0.2) is 34.8 Å². The van der Waals surface area contributed by atoms with Gasteiger partial charge in [-0.05, 0) is 62.6 Å². The molecule has 156 valence electrons. The molecule has 29 heavy (non-hydrogen) atoms. The topological polar surface area (TPSA) is 41.4 Å². The number of aryl methyl sites for hydroxylation is 3. The van der Waals surface area contributed by atoms with Crippen LogP contribution >= 0.6 is 36.2 Å². The van der Waals surface area contributed by atoms with Gasteiger partial charge in [0, 0.05) is 42.8 Å². The van der Waals surface area contributed by atoms with Crippen LogP contribution in [0.15, 0.2) is 40.8 Å². The lowest BCUT2D eigenvalue weighted by molar-refractivity contribution is 0.552. The van der Waals surface area contributed by atoms with Crippen LogP contribution in [0.1, 0.15) is 34.3 Å². The molecule has 0 spiro atoms. The van der Waals surface area contributed by atoms with Gasteiger partial charge in [0.25, 0.3) is 0 Å². The van der Waals surface area contributed by atoms with Crippen LogP contribution in [0.3, 0.4) is 0 Å². The van der Waals surface area contributed by atoms with E-state index in [4.69, 9.17) is 4.98 Å². The normalized spacial score (nSPS) is 10.5. The van der Waals surface area contributed by atoms with Crippen LogP contribution in [0.4, 0.5) is 5.69 Å². The van der Waals surface area contributed by atoms with Gasteiger partial charge in [-0.1, -0.05) is 6.07 Å². The number of nitrogens with zero attached hydrogens (tertiary/aromatic N) is 4. The smallest absolute Gasteiger partial charge is 0.0976 e. The molecule has 0 aliphatic carbocycles. The van der Waals surface area contributed by atoms with E-state index in [1.54, 1.807) is 11.3 Å². The lowest BCUT2D eigenvalue weighted by atomic mass is 10.0. The maximum atomic E-state index is 4.81. The largest absolute Gasteiger partial charge is 0.366 e. The number of hydrogen-bond acceptors (Lipinski definition) is 4. The Morgan fingerprint density at radius 2 is 1.86 bits per heavy atom. The summed E-state index contributed by atoms with van der Waals surface area (Å²) < 4.78 is 0. The molecule has 0 unspecified atom stereocenters. The first kappa shape index (κ1) is 25.1. The van der Waals surface area contributed by atoms with Crippen molar-refractivity contribution in [3.05, 3.63) is 63.2 Å². The summed E-state index contributed by atoms with van der Waals surface area (Å²) in [6, 6.07) is 8.51. The Morgan fingerprint density at radius 3 is 2.52 bits per heavy atom. The van der Waals surface area contributed by atoms with Gasteiger partial charge in [-0.3, -0.25) is 4.98 Å². The van der Waals surface area contributed by atoms with Gasteiger partial charge in [0.15, 0.2) is 0 Å². The summed E-state index contributed by atoms with van der Waals surface area (Å²) in [5.74, 6) is 0. The van der Waals surface area contributed by atoms with Crippen molar-refractivity contribution in [1.82, 2.24) is 14.9 Å². The molecule has 0 saturated heterocycles. The Labute approximate surface area is 190 Å². The Hall–Kier alpha value is -1.95. The predicted molar refractivity (Wildman–Crippen MR) is 130 cm³/mol. The molecule has 0 N–H and O–H groups in total. The number of halogens is 2. The zero-order valence-corrected chi connectivity index (χ0v) is 19.9. The Morgan fingerprint density at radius 1 is 1.10 bits per heavy atom. The number of thiazole rings is 1. The van der Waals surface area contributed by atoms with Crippen LogP contribution in [-0.2, 0) is 6.42 Å². The molecule has 3 rings (SSSR count). The maximum Gasteiger partial charge on any atom is 0.0976 e. The van der Waals surface area contributed by atoms with Crippen molar-refractivity contribution in [2.75, 3.05) is 13.6 Å². The van der Waals surface area contributed by atoms with Crippen LogP contribution in [0, 0.1) is 20.8 Å². The number of aliphatic imine (C=N–C) groups is 1. The summed E-state index contributed by atoms with van der Waals surface area (Å²) in [5.41, 5.74) is 7.87. The highest BCUT2D eigenvalue weighted by molar-refractivity contribution is 7.10. The van der Waals surface area contributed by atoms with Crippen molar-refractivity contribution >= 4 is 48.2 Å². The Bertz CT molecular complexity index is 952. The van der Waals surface area contributed by atoms with E-state index in [2.05, 4.69) is 59.2 Å². The van der Waals surface area contributed by atoms with Gasteiger partial charge in [0.05, 0.1) is 22.7 Å². The number of hydrogen-bond donors (Lipinski definition) is 0. The molecule has 0 fully saturated rings. The zero-order chi connectivity index (χ0) is 19.4. The van der Waals surface area contributed by atoms with Crippen molar-refractivity contribution in [2.45, 2.75) is 34.1 Å². The molecule has 0 saturated carbocycles. The highest BCUT2D eigenvalue weighted by Gasteiger charge is 2.09. The fourth-order valence-corrected chi connectivity index (χ4v) is 3.57. The molecule has 2 aromatic heterocycles. The third kappa shape index (κ3) is 6.53.